The Morgan fingerprint density at radius 1 is 1.29 bits per heavy atom. The third kappa shape index (κ3) is 1.71. The molecule has 0 amide bonds. The summed E-state index contributed by atoms with van der Waals surface area (Å²) < 4.78 is 0.500. The highest BCUT2D eigenvalue weighted by atomic mass is 35.5. The van der Waals surface area contributed by atoms with Gasteiger partial charge in [-0.3, -0.25) is 0 Å². The maximum atomic E-state index is 11.8. The lowest BCUT2D eigenvalue weighted by Crippen LogP contribution is -2.23. The first kappa shape index (κ1) is 12.0. The number of hydrogen-bond acceptors (Lipinski definition) is 3. The second kappa shape index (κ2) is 4.08. The van der Waals surface area contributed by atoms with E-state index in [0.717, 1.165) is 0 Å². The number of halogens is 3. The molecule has 86 valence electrons. The van der Waals surface area contributed by atoms with Gasteiger partial charge in [-0.25, -0.2) is 0 Å². The van der Waals surface area contributed by atoms with Crippen LogP contribution in [0.15, 0.2) is 12.1 Å². The Morgan fingerprint density at radius 3 is 2.47 bits per heavy atom. The average Bonchev–Trinajstić information content (AvgIpc) is 2.30. The van der Waals surface area contributed by atoms with E-state index in [1.807, 2.05) is 0 Å². The predicted molar refractivity (Wildman–Crippen MR) is 63.8 cm³/mol. The molecule has 2 aromatic rings. The van der Waals surface area contributed by atoms with Gasteiger partial charge in [-0.15, -0.1) is 0 Å². The van der Waals surface area contributed by atoms with Crippen molar-refractivity contribution in [2.24, 2.45) is 0 Å². The highest BCUT2D eigenvalue weighted by Gasteiger charge is 2.22. The lowest BCUT2D eigenvalue weighted by atomic mass is 10.3. The fourth-order valence-corrected chi connectivity index (χ4v) is 1.87. The first-order valence-electron chi connectivity index (χ1n) is 4.20. The molecule has 1 aromatic heterocycles. The van der Waals surface area contributed by atoms with E-state index in [1.54, 1.807) is 6.07 Å². The van der Waals surface area contributed by atoms with Crippen LogP contribution >= 0.6 is 34.8 Å². The summed E-state index contributed by atoms with van der Waals surface area (Å²) in [5.41, 5.74) is -0.624. The van der Waals surface area contributed by atoms with Crippen molar-refractivity contribution in [3.63, 3.8) is 0 Å². The maximum Gasteiger partial charge on any atom is 0.374 e. The van der Waals surface area contributed by atoms with Gasteiger partial charge in [0.2, 0.25) is 0 Å². The molecule has 1 heterocycles. The van der Waals surface area contributed by atoms with Gasteiger partial charge in [0.25, 0.3) is 5.52 Å². The molecule has 0 bridgehead atoms. The lowest BCUT2D eigenvalue weighted by molar-refractivity contribution is -0.468. The molecule has 0 fully saturated rings. The van der Waals surface area contributed by atoms with Gasteiger partial charge in [0.1, 0.15) is 5.52 Å². The van der Waals surface area contributed by atoms with E-state index >= 15 is 0 Å². The number of aromatic nitrogens is 2. The Labute approximate surface area is 110 Å². The topological polar surface area (TPSA) is 74.8 Å². The van der Waals surface area contributed by atoms with E-state index in [2.05, 4.69) is 0 Å². The molecule has 8 heteroatoms. The first-order chi connectivity index (χ1) is 7.97. The molecule has 0 N–H and O–H groups in total. The Bertz CT molecular complexity index is 733. The minimum Gasteiger partial charge on any atom is -0.804 e. The van der Waals surface area contributed by atoms with Crippen LogP contribution in [0.25, 0.3) is 11.0 Å². The van der Waals surface area contributed by atoms with Crippen molar-refractivity contribution >= 4 is 45.8 Å². The van der Waals surface area contributed by atoms with Crippen molar-refractivity contribution in [1.29, 1.82) is 5.26 Å². The van der Waals surface area contributed by atoms with Crippen molar-refractivity contribution in [2.45, 2.75) is 0 Å². The van der Waals surface area contributed by atoms with Gasteiger partial charge in [-0.05, 0) is 6.07 Å². The zero-order valence-electron chi connectivity index (χ0n) is 7.95. The first-order valence-corrected chi connectivity index (χ1v) is 5.34. The standard InChI is InChI=1S/C9H2Cl3N3O2/c10-4-1-6-7(2-5(4)11)15(17)9(12)8(3-13)14(6)16/h1-2H. The largest absolute Gasteiger partial charge is 0.804 e. The van der Waals surface area contributed by atoms with E-state index in [0.29, 0.717) is 0 Å². The van der Waals surface area contributed by atoms with E-state index < -0.39 is 10.8 Å². The Balaban J connectivity index is 3.11. The van der Waals surface area contributed by atoms with Crippen LogP contribution < -0.4 is 4.43 Å². The molecule has 5 nitrogen and oxygen atoms in total. The SMILES string of the molecule is N#Cc1c(Cl)n([O-])c2cc(Cl)c(Cl)cc2[n+]1=O. The zero-order chi connectivity index (χ0) is 12.7. The van der Waals surface area contributed by atoms with Crippen molar-refractivity contribution in [1.82, 2.24) is 4.73 Å². The third-order valence-corrected chi connectivity index (χ3v) is 3.19. The molecule has 0 spiro atoms. The molecular weight excluding hydrogens is 288 g/mol. The van der Waals surface area contributed by atoms with Gasteiger partial charge in [0.05, 0.1) is 14.5 Å². The van der Waals surface area contributed by atoms with Crippen LogP contribution in [0, 0.1) is 21.4 Å². The lowest BCUT2D eigenvalue weighted by Gasteiger charge is -2.13. The number of nitrogens with zero attached hydrogens (tertiary/aromatic N) is 3. The van der Waals surface area contributed by atoms with Crippen LogP contribution in [0.3, 0.4) is 0 Å². The van der Waals surface area contributed by atoms with E-state index in [-0.39, 0.29) is 30.2 Å². The summed E-state index contributed by atoms with van der Waals surface area (Å²) in [6, 6.07) is 3.97. The summed E-state index contributed by atoms with van der Waals surface area (Å²) in [4.78, 5) is 11.8. The molecule has 0 unspecified atom stereocenters. The molecule has 1 aromatic carbocycles. The van der Waals surface area contributed by atoms with Gasteiger partial charge in [-0.1, -0.05) is 34.8 Å². The highest BCUT2D eigenvalue weighted by Crippen LogP contribution is 2.27. The summed E-state index contributed by atoms with van der Waals surface area (Å²) in [5, 5.41) is 20.2. The molecule has 17 heavy (non-hydrogen) atoms. The summed E-state index contributed by atoms with van der Waals surface area (Å²) >= 11 is 17.1. The van der Waals surface area contributed by atoms with Gasteiger partial charge in [0.15, 0.2) is 11.2 Å². The van der Waals surface area contributed by atoms with E-state index in [1.165, 1.54) is 12.1 Å². The molecular formula is C9H2Cl3N3O2. The Kier molecular flexibility index (Phi) is 2.87. The second-order valence-corrected chi connectivity index (χ2v) is 4.27. The predicted octanol–water partition coefficient (Wildman–Crippen LogP) is 2.73. The number of hydrogen-bond donors (Lipinski definition) is 0. The van der Waals surface area contributed by atoms with Crippen molar-refractivity contribution in [3.05, 3.63) is 43.1 Å². The minimum absolute atomic E-state index is 0.0570. The third-order valence-electron chi connectivity index (χ3n) is 2.14. The molecule has 0 atom stereocenters. The number of nitriles is 1. The fourth-order valence-electron chi connectivity index (χ4n) is 1.35. The Morgan fingerprint density at radius 2 is 1.88 bits per heavy atom. The van der Waals surface area contributed by atoms with Crippen LogP contribution in [0.2, 0.25) is 15.2 Å². The Hall–Kier alpha value is -1.48. The van der Waals surface area contributed by atoms with Gasteiger partial charge < -0.3 is 9.94 Å². The molecule has 0 radical (unpaired) electrons. The van der Waals surface area contributed by atoms with Crippen LogP contribution in [0.1, 0.15) is 5.69 Å². The highest BCUT2D eigenvalue weighted by molar-refractivity contribution is 6.42. The smallest absolute Gasteiger partial charge is 0.374 e. The normalized spacial score (nSPS) is 10.5. The van der Waals surface area contributed by atoms with Crippen LogP contribution in [-0.2, 0) is 0 Å². The summed E-state index contributed by atoms with van der Waals surface area (Å²) in [5.74, 6) is 0. The maximum absolute atomic E-state index is 11.8. The zero-order valence-corrected chi connectivity index (χ0v) is 10.2. The summed E-state index contributed by atoms with van der Waals surface area (Å²) in [6.45, 7) is 0. The van der Waals surface area contributed by atoms with Crippen molar-refractivity contribution in [2.75, 3.05) is 0 Å². The van der Waals surface area contributed by atoms with E-state index in [9.17, 15) is 10.1 Å². The number of rotatable bonds is 0. The average molecular weight is 290 g/mol. The molecule has 0 aliphatic carbocycles. The summed E-state index contributed by atoms with van der Waals surface area (Å²) in [7, 11) is 0. The molecule has 0 aliphatic heterocycles. The van der Waals surface area contributed by atoms with Gasteiger partial charge >= 0.3 is 5.69 Å². The van der Waals surface area contributed by atoms with Gasteiger partial charge in [-0.2, -0.15) is 5.26 Å². The monoisotopic (exact) mass is 289 g/mol. The molecule has 0 saturated carbocycles. The van der Waals surface area contributed by atoms with E-state index in [4.69, 9.17) is 40.1 Å². The van der Waals surface area contributed by atoms with Gasteiger partial charge in [0, 0.05) is 11.0 Å². The number of fused-ring (bicyclic) bond motifs is 1. The molecule has 0 saturated heterocycles. The second-order valence-electron chi connectivity index (χ2n) is 3.10. The van der Waals surface area contributed by atoms with Crippen molar-refractivity contribution in [3.8, 4) is 6.07 Å². The number of benzene rings is 1. The van der Waals surface area contributed by atoms with Crippen LogP contribution in [0.5, 0.6) is 0 Å². The summed E-state index contributed by atoms with van der Waals surface area (Å²) in [6.07, 6.45) is 0. The van der Waals surface area contributed by atoms with Crippen LogP contribution in [0.4, 0.5) is 0 Å². The molecule has 0 aliphatic rings. The fraction of sp³-hybridized carbons (Fsp3) is 0. The minimum atomic E-state index is -0.506. The van der Waals surface area contributed by atoms with Crippen LogP contribution in [-0.4, -0.2) is 4.73 Å². The molecule has 2 rings (SSSR count). The van der Waals surface area contributed by atoms with Crippen molar-refractivity contribution < 1.29 is 4.43 Å². The quantitative estimate of drug-likeness (QED) is 0.700.